The van der Waals surface area contributed by atoms with E-state index in [1.165, 1.54) is 55.9 Å². The van der Waals surface area contributed by atoms with Gasteiger partial charge in [-0.2, -0.15) is 0 Å². The van der Waals surface area contributed by atoms with Gasteiger partial charge in [-0.3, -0.25) is 0 Å². The molecule has 4 heteroatoms. The number of rotatable bonds is 8. The van der Waals surface area contributed by atoms with E-state index in [1.807, 2.05) is 0 Å². The van der Waals surface area contributed by atoms with E-state index >= 15 is 0 Å². The summed E-state index contributed by atoms with van der Waals surface area (Å²) in [7, 11) is -3.17. The third-order valence-electron chi connectivity index (χ3n) is 7.13. The molecule has 3 rings (SSSR count). The van der Waals surface area contributed by atoms with Gasteiger partial charge in [-0.15, -0.1) is 0 Å². The van der Waals surface area contributed by atoms with E-state index in [-0.39, 0.29) is 0 Å². The van der Waals surface area contributed by atoms with E-state index in [1.54, 1.807) is 0 Å². The molecule has 0 saturated heterocycles. The van der Waals surface area contributed by atoms with E-state index in [0.717, 1.165) is 13.1 Å². The number of aryl methyl sites for hydroxylation is 6. The molecule has 0 saturated carbocycles. The molecule has 3 aromatic carbocycles. The van der Waals surface area contributed by atoms with Crippen LogP contribution >= 0.6 is 0 Å². The lowest BCUT2D eigenvalue weighted by Crippen LogP contribution is -2.46. The maximum Gasteiger partial charge on any atom is 0.147 e. The lowest BCUT2D eigenvalue weighted by Gasteiger charge is -2.39. The summed E-state index contributed by atoms with van der Waals surface area (Å²) in [6.45, 7) is 30.1. The van der Waals surface area contributed by atoms with Crippen molar-refractivity contribution < 1.29 is 0 Å². The van der Waals surface area contributed by atoms with Crippen LogP contribution in [0.4, 0.5) is 11.4 Å². The van der Waals surface area contributed by atoms with Crippen molar-refractivity contribution in [2.45, 2.75) is 93.9 Å². The quantitative estimate of drug-likeness (QED) is 0.275. The Labute approximate surface area is 223 Å². The first kappa shape index (κ1) is 28.3. The molecule has 0 unspecified atom stereocenters. The van der Waals surface area contributed by atoms with Crippen LogP contribution in [0.25, 0.3) is 0 Å². The molecule has 36 heavy (non-hydrogen) atoms. The van der Waals surface area contributed by atoms with Crippen LogP contribution in [0.1, 0.15) is 44.5 Å². The number of benzene rings is 3. The molecule has 0 aliphatic heterocycles. The smallest absolute Gasteiger partial charge is 0.147 e. The summed E-state index contributed by atoms with van der Waals surface area (Å²) in [6, 6.07) is 18.8. The SMILES string of the molecule is Cc1cc(C)c(N(Cc2ccc(CN(c3c(C)cc(C)cc3C)[Si](C)(C)C)cc2)[Si](C)(C)C)c(C)c1. The first-order valence-electron chi connectivity index (χ1n) is 13.4. The molecule has 0 aliphatic rings. The van der Waals surface area contributed by atoms with Crippen LogP contribution < -0.4 is 9.13 Å². The van der Waals surface area contributed by atoms with Crippen LogP contribution in [0.15, 0.2) is 48.5 Å². The monoisotopic (exact) mass is 516 g/mol. The van der Waals surface area contributed by atoms with Crippen molar-refractivity contribution in [1.29, 1.82) is 0 Å². The molecule has 0 bridgehead atoms. The normalized spacial score (nSPS) is 12.1. The molecule has 2 nitrogen and oxygen atoms in total. The minimum atomic E-state index is -1.59. The third kappa shape index (κ3) is 6.52. The molecule has 0 fully saturated rings. The largest absolute Gasteiger partial charge is 0.394 e. The van der Waals surface area contributed by atoms with Crippen LogP contribution in [0.5, 0.6) is 0 Å². The Morgan fingerprint density at radius 1 is 0.472 bits per heavy atom. The molecule has 0 aliphatic carbocycles. The summed E-state index contributed by atoms with van der Waals surface area (Å²) in [6.07, 6.45) is 0. The summed E-state index contributed by atoms with van der Waals surface area (Å²) in [5.41, 5.74) is 13.9. The standard InChI is InChI=1S/C32H48N2Si2/c1-23-17-25(3)31(26(4)18-23)33(35(7,8)9)21-29-13-15-30(16-14-29)22-34(36(10,11)12)32-27(5)19-24(2)20-28(32)6/h13-20H,21-22H2,1-12H3. The fourth-order valence-corrected chi connectivity index (χ4v) is 8.98. The molecular weight excluding hydrogens is 469 g/mol. The topological polar surface area (TPSA) is 6.48 Å². The van der Waals surface area contributed by atoms with Gasteiger partial charge in [-0.25, -0.2) is 0 Å². The minimum absolute atomic E-state index is 0.967. The second-order valence-electron chi connectivity index (χ2n) is 12.8. The number of nitrogens with zero attached hydrogens (tertiary/aromatic N) is 2. The van der Waals surface area contributed by atoms with Crippen molar-refractivity contribution >= 4 is 27.8 Å². The Kier molecular flexibility index (Phi) is 8.31. The van der Waals surface area contributed by atoms with Gasteiger partial charge in [0.2, 0.25) is 0 Å². The van der Waals surface area contributed by atoms with Crippen LogP contribution in [0.2, 0.25) is 39.3 Å². The number of hydrogen-bond acceptors (Lipinski definition) is 2. The first-order valence-corrected chi connectivity index (χ1v) is 20.3. The van der Waals surface area contributed by atoms with Crippen molar-refractivity contribution in [1.82, 2.24) is 0 Å². The fraction of sp³-hybridized carbons (Fsp3) is 0.438. The second-order valence-corrected chi connectivity index (χ2v) is 22.6. The van der Waals surface area contributed by atoms with Gasteiger partial charge in [-0.05, 0) is 74.9 Å². The Bertz CT molecular complexity index is 1070. The first-order chi connectivity index (χ1) is 16.6. The van der Waals surface area contributed by atoms with E-state index in [9.17, 15) is 0 Å². The number of hydrogen-bond donors (Lipinski definition) is 0. The Morgan fingerprint density at radius 3 is 0.944 bits per heavy atom. The molecule has 0 atom stereocenters. The highest BCUT2D eigenvalue weighted by atomic mass is 28.3. The molecule has 194 valence electrons. The van der Waals surface area contributed by atoms with Crippen LogP contribution in [0, 0.1) is 41.5 Å². The van der Waals surface area contributed by atoms with Crippen LogP contribution in [-0.4, -0.2) is 16.5 Å². The van der Waals surface area contributed by atoms with Crippen LogP contribution in [-0.2, 0) is 13.1 Å². The van der Waals surface area contributed by atoms with Gasteiger partial charge >= 0.3 is 0 Å². The zero-order valence-corrected chi connectivity index (χ0v) is 26.9. The van der Waals surface area contributed by atoms with Gasteiger partial charge in [0.05, 0.1) is 0 Å². The molecule has 0 amide bonds. The van der Waals surface area contributed by atoms with Crippen molar-refractivity contribution in [3.05, 3.63) is 93.0 Å². The third-order valence-corrected chi connectivity index (χ3v) is 11.1. The summed E-state index contributed by atoms with van der Waals surface area (Å²) in [5.74, 6) is 0. The summed E-state index contributed by atoms with van der Waals surface area (Å²) < 4.78 is 5.42. The molecule has 0 radical (unpaired) electrons. The second kappa shape index (κ2) is 10.6. The Hall–Kier alpha value is -2.31. The van der Waals surface area contributed by atoms with E-state index in [0.29, 0.717) is 0 Å². The minimum Gasteiger partial charge on any atom is -0.394 e. The Balaban J connectivity index is 1.91. The lowest BCUT2D eigenvalue weighted by molar-refractivity contribution is 0.966. The molecular formula is C32H48N2Si2. The van der Waals surface area contributed by atoms with Gasteiger partial charge in [0.1, 0.15) is 16.5 Å². The fourth-order valence-electron chi connectivity index (χ4n) is 5.61. The highest BCUT2D eigenvalue weighted by Crippen LogP contribution is 2.34. The van der Waals surface area contributed by atoms with Gasteiger partial charge in [0.25, 0.3) is 0 Å². The van der Waals surface area contributed by atoms with E-state index in [2.05, 4.69) is 138 Å². The van der Waals surface area contributed by atoms with Gasteiger partial charge < -0.3 is 9.13 Å². The molecule has 0 spiro atoms. The van der Waals surface area contributed by atoms with Crippen molar-refractivity contribution in [2.75, 3.05) is 9.13 Å². The predicted molar refractivity (Wildman–Crippen MR) is 167 cm³/mol. The summed E-state index contributed by atoms with van der Waals surface area (Å²) >= 11 is 0. The molecule has 0 heterocycles. The van der Waals surface area contributed by atoms with Crippen molar-refractivity contribution in [3.8, 4) is 0 Å². The Morgan fingerprint density at radius 2 is 0.722 bits per heavy atom. The maximum absolute atomic E-state index is 2.71. The van der Waals surface area contributed by atoms with Gasteiger partial charge in [0, 0.05) is 24.5 Å². The summed E-state index contributed by atoms with van der Waals surface area (Å²) in [5, 5.41) is 0. The highest BCUT2D eigenvalue weighted by molar-refractivity contribution is 6.80. The van der Waals surface area contributed by atoms with Gasteiger partial charge in [-0.1, -0.05) is 98.9 Å². The molecule has 0 aromatic heterocycles. The van der Waals surface area contributed by atoms with E-state index < -0.39 is 16.5 Å². The average molecular weight is 517 g/mol. The highest BCUT2D eigenvalue weighted by Gasteiger charge is 2.28. The average Bonchev–Trinajstić information content (AvgIpc) is 2.70. The number of anilines is 2. The molecule has 3 aromatic rings. The predicted octanol–water partition coefficient (Wildman–Crippen LogP) is 9.22. The van der Waals surface area contributed by atoms with Gasteiger partial charge in [0.15, 0.2) is 0 Å². The summed E-state index contributed by atoms with van der Waals surface area (Å²) in [4.78, 5) is 0. The van der Waals surface area contributed by atoms with E-state index in [4.69, 9.17) is 0 Å². The maximum atomic E-state index is 2.71. The van der Waals surface area contributed by atoms with Crippen molar-refractivity contribution in [3.63, 3.8) is 0 Å². The van der Waals surface area contributed by atoms with Crippen molar-refractivity contribution in [2.24, 2.45) is 0 Å². The zero-order chi connectivity index (χ0) is 27.0. The molecule has 0 N–H and O–H groups in total. The van der Waals surface area contributed by atoms with Crippen LogP contribution in [0.3, 0.4) is 0 Å². The zero-order valence-electron chi connectivity index (χ0n) is 24.9. The lowest BCUT2D eigenvalue weighted by atomic mass is 10.0.